The molecule has 2 aliphatic rings. The molecule has 0 spiro atoms. The van der Waals surface area contributed by atoms with Gasteiger partial charge in [-0.25, -0.2) is 0 Å². The second-order valence-corrected chi connectivity index (χ2v) is 6.91. The number of carbonyl (C=O) groups is 1. The van der Waals surface area contributed by atoms with Crippen molar-refractivity contribution in [2.24, 2.45) is 16.6 Å². The highest BCUT2D eigenvalue weighted by Crippen LogP contribution is 2.27. The Morgan fingerprint density at radius 2 is 2.21 bits per heavy atom. The molecule has 0 saturated carbocycles. The van der Waals surface area contributed by atoms with Crippen LogP contribution in [0.3, 0.4) is 0 Å². The normalized spacial score (nSPS) is 21.0. The Hall–Kier alpha value is -2.04. The van der Waals surface area contributed by atoms with Gasteiger partial charge >= 0.3 is 0 Å². The van der Waals surface area contributed by atoms with Gasteiger partial charge in [-0.15, -0.1) is 0 Å². The number of fused-ring (bicyclic) bond motifs is 1. The number of carbonyl (C=O) groups excluding carboxylic acids is 1. The van der Waals surface area contributed by atoms with E-state index >= 15 is 0 Å². The van der Waals surface area contributed by atoms with Crippen LogP contribution in [-0.2, 0) is 17.6 Å². The number of nitrogens with two attached hydrogens (primary N) is 1. The van der Waals surface area contributed by atoms with Gasteiger partial charge in [0.25, 0.3) is 0 Å². The highest BCUT2D eigenvalue weighted by atomic mass is 16.2. The number of likely N-dealkylation sites (tertiary alicyclic amines) is 1. The van der Waals surface area contributed by atoms with E-state index in [9.17, 15) is 4.79 Å². The van der Waals surface area contributed by atoms with Crippen molar-refractivity contribution in [3.63, 3.8) is 0 Å². The van der Waals surface area contributed by atoms with Gasteiger partial charge in [-0.05, 0) is 49.3 Å². The molecule has 1 aromatic carbocycles. The molecular weight excluding hydrogens is 300 g/mol. The van der Waals surface area contributed by atoms with E-state index in [1.165, 1.54) is 24.0 Å². The van der Waals surface area contributed by atoms with Gasteiger partial charge in [0.05, 0.1) is 0 Å². The maximum atomic E-state index is 11.9. The molecular formula is C19H28N4O. The minimum Gasteiger partial charge on any atom is -0.370 e. The summed E-state index contributed by atoms with van der Waals surface area (Å²) in [6, 6.07) is 6.37. The molecule has 130 valence electrons. The lowest BCUT2D eigenvalue weighted by atomic mass is 9.90. The third kappa shape index (κ3) is 3.89. The third-order valence-electron chi connectivity index (χ3n) is 4.97. The first-order valence-corrected chi connectivity index (χ1v) is 9.13. The number of rotatable bonds is 5. The van der Waals surface area contributed by atoms with Crippen LogP contribution >= 0.6 is 0 Å². The number of aliphatic imine (C=N–C) groups is 1. The molecule has 5 heteroatoms. The van der Waals surface area contributed by atoms with Crippen molar-refractivity contribution in [2.45, 2.75) is 45.4 Å². The Bertz CT molecular complexity index is 626. The lowest BCUT2D eigenvalue weighted by Gasteiger charge is -2.20. The molecule has 1 atom stereocenters. The standard InChI is InChI=1S/C19H28N4O/c1-2-10-23-13-14(11-18(23)24)12-21-19(20)22-17-9-5-7-15-6-3-4-8-16(15)17/h5,7,9,14H,2-4,6,8,10-13H2,1H3,(H3,20,21,22). The molecule has 0 aromatic heterocycles. The molecule has 1 aliphatic carbocycles. The van der Waals surface area contributed by atoms with E-state index in [1.807, 2.05) is 4.90 Å². The van der Waals surface area contributed by atoms with Crippen LogP contribution in [0.4, 0.5) is 5.69 Å². The van der Waals surface area contributed by atoms with E-state index in [-0.39, 0.29) is 11.8 Å². The lowest BCUT2D eigenvalue weighted by molar-refractivity contribution is -0.127. The molecule has 0 bridgehead atoms. The van der Waals surface area contributed by atoms with Gasteiger partial charge in [0, 0.05) is 37.7 Å². The number of aryl methyl sites for hydroxylation is 1. The summed E-state index contributed by atoms with van der Waals surface area (Å²) in [6.07, 6.45) is 6.36. The molecule has 1 aromatic rings. The fourth-order valence-electron chi connectivity index (χ4n) is 3.77. The van der Waals surface area contributed by atoms with E-state index in [2.05, 4.69) is 35.4 Å². The van der Waals surface area contributed by atoms with Crippen molar-refractivity contribution in [3.05, 3.63) is 29.3 Å². The molecule has 5 nitrogen and oxygen atoms in total. The maximum Gasteiger partial charge on any atom is 0.222 e. The van der Waals surface area contributed by atoms with Crippen LogP contribution in [0.25, 0.3) is 0 Å². The van der Waals surface area contributed by atoms with Crippen molar-refractivity contribution in [3.8, 4) is 0 Å². The molecule has 1 heterocycles. The SMILES string of the molecule is CCCN1CC(CN=C(N)Nc2cccc3c2CCCC3)CC1=O. The number of nitrogens with zero attached hydrogens (tertiary/aromatic N) is 2. The average Bonchev–Trinajstić information content (AvgIpc) is 2.94. The fourth-order valence-corrected chi connectivity index (χ4v) is 3.77. The molecule has 3 N–H and O–H groups in total. The van der Waals surface area contributed by atoms with Gasteiger partial charge in [0.1, 0.15) is 0 Å². The van der Waals surface area contributed by atoms with Gasteiger partial charge in [0.2, 0.25) is 5.91 Å². The molecule has 1 amide bonds. The van der Waals surface area contributed by atoms with E-state index in [0.29, 0.717) is 18.9 Å². The first-order chi connectivity index (χ1) is 11.7. The average molecular weight is 328 g/mol. The van der Waals surface area contributed by atoms with Crippen molar-refractivity contribution in [1.82, 2.24) is 4.90 Å². The van der Waals surface area contributed by atoms with Crippen molar-refractivity contribution >= 4 is 17.6 Å². The Morgan fingerprint density at radius 1 is 1.38 bits per heavy atom. The summed E-state index contributed by atoms with van der Waals surface area (Å²) in [5.41, 5.74) is 9.98. The number of benzene rings is 1. The monoisotopic (exact) mass is 328 g/mol. The quantitative estimate of drug-likeness (QED) is 0.644. The first-order valence-electron chi connectivity index (χ1n) is 9.13. The van der Waals surface area contributed by atoms with Gasteiger partial charge in [0.15, 0.2) is 5.96 Å². The molecule has 1 unspecified atom stereocenters. The number of amides is 1. The largest absolute Gasteiger partial charge is 0.370 e. The summed E-state index contributed by atoms with van der Waals surface area (Å²) in [7, 11) is 0. The zero-order valence-corrected chi connectivity index (χ0v) is 14.6. The molecule has 0 radical (unpaired) electrons. The predicted molar refractivity (Wildman–Crippen MR) is 98.2 cm³/mol. The van der Waals surface area contributed by atoms with Crippen LogP contribution in [0, 0.1) is 5.92 Å². The number of guanidine groups is 1. The first kappa shape index (κ1) is 16.8. The highest BCUT2D eigenvalue weighted by Gasteiger charge is 2.28. The van der Waals surface area contributed by atoms with Crippen LogP contribution < -0.4 is 11.1 Å². The summed E-state index contributed by atoms with van der Waals surface area (Å²) < 4.78 is 0. The summed E-state index contributed by atoms with van der Waals surface area (Å²) in [4.78, 5) is 18.3. The Balaban J connectivity index is 1.59. The van der Waals surface area contributed by atoms with Crippen LogP contribution in [0.15, 0.2) is 23.2 Å². The van der Waals surface area contributed by atoms with Crippen LogP contribution in [0.5, 0.6) is 0 Å². The molecule has 3 rings (SSSR count). The second-order valence-electron chi connectivity index (χ2n) is 6.91. The summed E-state index contributed by atoms with van der Waals surface area (Å²) in [5.74, 6) is 0.991. The number of nitrogens with one attached hydrogen (secondary N) is 1. The zero-order chi connectivity index (χ0) is 16.9. The van der Waals surface area contributed by atoms with E-state index in [4.69, 9.17) is 5.73 Å². The number of hydrogen-bond acceptors (Lipinski definition) is 2. The van der Waals surface area contributed by atoms with Crippen molar-refractivity contribution in [1.29, 1.82) is 0 Å². The minimum absolute atomic E-state index is 0.251. The molecule has 24 heavy (non-hydrogen) atoms. The summed E-state index contributed by atoms with van der Waals surface area (Å²) in [5, 5.41) is 3.27. The van der Waals surface area contributed by atoms with Gasteiger partial charge in [-0.2, -0.15) is 0 Å². The second kappa shape index (κ2) is 7.69. The summed E-state index contributed by atoms with van der Waals surface area (Å²) >= 11 is 0. The topological polar surface area (TPSA) is 70.7 Å². The third-order valence-corrected chi connectivity index (χ3v) is 4.97. The van der Waals surface area contributed by atoms with Gasteiger partial charge < -0.3 is 16.0 Å². The Morgan fingerprint density at radius 3 is 3.04 bits per heavy atom. The summed E-state index contributed by atoms with van der Waals surface area (Å²) in [6.45, 7) is 4.37. The zero-order valence-electron chi connectivity index (χ0n) is 14.6. The van der Waals surface area contributed by atoms with Crippen LogP contribution in [0.2, 0.25) is 0 Å². The fraction of sp³-hybridized carbons (Fsp3) is 0.579. The van der Waals surface area contributed by atoms with E-state index in [0.717, 1.165) is 38.0 Å². The molecule has 1 saturated heterocycles. The highest BCUT2D eigenvalue weighted by molar-refractivity contribution is 5.93. The van der Waals surface area contributed by atoms with Crippen LogP contribution in [-0.4, -0.2) is 36.4 Å². The lowest BCUT2D eigenvalue weighted by Crippen LogP contribution is -2.27. The van der Waals surface area contributed by atoms with Crippen molar-refractivity contribution in [2.75, 3.05) is 25.0 Å². The molecule has 1 aliphatic heterocycles. The van der Waals surface area contributed by atoms with Gasteiger partial charge in [-0.3, -0.25) is 9.79 Å². The smallest absolute Gasteiger partial charge is 0.222 e. The molecule has 1 fully saturated rings. The Kier molecular flexibility index (Phi) is 5.38. The van der Waals surface area contributed by atoms with Gasteiger partial charge in [-0.1, -0.05) is 19.1 Å². The van der Waals surface area contributed by atoms with Crippen LogP contribution in [0.1, 0.15) is 43.7 Å². The number of hydrogen-bond donors (Lipinski definition) is 2. The minimum atomic E-state index is 0.251. The van der Waals surface area contributed by atoms with Crippen molar-refractivity contribution < 1.29 is 4.79 Å². The predicted octanol–water partition coefficient (Wildman–Crippen LogP) is 2.55. The number of anilines is 1. The van der Waals surface area contributed by atoms with E-state index in [1.54, 1.807) is 0 Å². The van der Waals surface area contributed by atoms with E-state index < -0.39 is 0 Å². The maximum absolute atomic E-state index is 11.9. The Labute approximate surface area is 144 Å².